The Morgan fingerprint density at radius 2 is 2.18 bits per heavy atom. The van der Waals surface area contributed by atoms with Gasteiger partial charge in [0.05, 0.1) is 0 Å². The normalized spacial score (nSPS) is 10.1. The minimum atomic E-state index is -2.52. The molecule has 4 heteroatoms. The number of rotatable bonds is 2. The number of aldehydes is 1. The second kappa shape index (κ2) is 3.18. The van der Waals surface area contributed by atoms with E-state index in [-0.39, 0.29) is 11.3 Å². The summed E-state index contributed by atoms with van der Waals surface area (Å²) >= 11 is 0. The molecule has 1 rings (SSSR count). The van der Waals surface area contributed by atoms with Crippen LogP contribution in [0.3, 0.4) is 0 Å². The summed E-state index contributed by atoms with van der Waals surface area (Å²) in [5, 5.41) is 0. The molecule has 0 saturated carbocycles. The summed E-state index contributed by atoms with van der Waals surface area (Å²) in [5.74, 6) is 0. The number of carbonyl (C=O) groups is 1. The fourth-order valence-electron chi connectivity index (χ4n) is 0.616. The maximum absolute atomic E-state index is 11.9. The summed E-state index contributed by atoms with van der Waals surface area (Å²) in [6.07, 6.45) is -1.02. The van der Waals surface area contributed by atoms with Gasteiger partial charge in [0.25, 0.3) is 6.43 Å². The van der Waals surface area contributed by atoms with Crippen molar-refractivity contribution in [3.05, 3.63) is 29.6 Å². The third kappa shape index (κ3) is 1.80. The molecule has 0 atom stereocenters. The molecule has 2 nitrogen and oxygen atoms in total. The van der Waals surface area contributed by atoms with Crippen LogP contribution in [0.15, 0.2) is 18.3 Å². The zero-order valence-electron chi connectivity index (χ0n) is 5.50. The van der Waals surface area contributed by atoms with Gasteiger partial charge in [-0.2, -0.15) is 0 Å². The van der Waals surface area contributed by atoms with Crippen LogP contribution in [-0.4, -0.2) is 11.3 Å². The van der Waals surface area contributed by atoms with Crippen molar-refractivity contribution in [2.24, 2.45) is 0 Å². The number of hydrogen-bond acceptors (Lipinski definition) is 2. The van der Waals surface area contributed by atoms with Crippen LogP contribution in [0.1, 0.15) is 22.5 Å². The lowest BCUT2D eigenvalue weighted by Crippen LogP contribution is -1.89. The third-order valence-electron chi connectivity index (χ3n) is 1.18. The van der Waals surface area contributed by atoms with Crippen LogP contribution in [0, 0.1) is 0 Å². The highest BCUT2D eigenvalue weighted by Gasteiger charge is 2.05. The van der Waals surface area contributed by atoms with Crippen LogP contribution in [0.25, 0.3) is 0 Å². The van der Waals surface area contributed by atoms with Gasteiger partial charge < -0.3 is 0 Å². The first-order valence-electron chi connectivity index (χ1n) is 2.93. The van der Waals surface area contributed by atoms with Gasteiger partial charge in [-0.25, -0.2) is 8.78 Å². The lowest BCUT2D eigenvalue weighted by molar-refractivity contribution is 0.111. The Morgan fingerprint density at radius 3 is 2.55 bits per heavy atom. The van der Waals surface area contributed by atoms with E-state index in [1.807, 2.05) is 0 Å². The summed E-state index contributed by atoms with van der Waals surface area (Å²) in [7, 11) is 0. The summed E-state index contributed by atoms with van der Waals surface area (Å²) in [6, 6.07) is 2.44. The average Bonchev–Trinajstić information content (AvgIpc) is 2.05. The van der Waals surface area contributed by atoms with Crippen LogP contribution in [0.2, 0.25) is 0 Å². The van der Waals surface area contributed by atoms with Crippen molar-refractivity contribution in [2.45, 2.75) is 6.43 Å². The van der Waals surface area contributed by atoms with Gasteiger partial charge in [-0.1, -0.05) is 0 Å². The number of pyridine rings is 1. The predicted molar refractivity (Wildman–Crippen MR) is 34.6 cm³/mol. The Kier molecular flexibility index (Phi) is 2.25. The monoisotopic (exact) mass is 157 g/mol. The Hall–Kier alpha value is -1.32. The molecular weight excluding hydrogens is 152 g/mol. The molecule has 0 aliphatic rings. The van der Waals surface area contributed by atoms with E-state index in [2.05, 4.69) is 4.98 Å². The van der Waals surface area contributed by atoms with Gasteiger partial charge in [0.1, 0.15) is 5.69 Å². The highest BCUT2D eigenvalue weighted by molar-refractivity contribution is 5.71. The average molecular weight is 157 g/mol. The Balaban J connectivity index is 2.91. The molecule has 11 heavy (non-hydrogen) atoms. The van der Waals surface area contributed by atoms with Crippen LogP contribution >= 0.6 is 0 Å². The van der Waals surface area contributed by atoms with Crippen molar-refractivity contribution in [2.75, 3.05) is 0 Å². The lowest BCUT2D eigenvalue weighted by atomic mass is 10.3. The molecule has 1 aromatic heterocycles. The van der Waals surface area contributed by atoms with E-state index in [1.54, 1.807) is 0 Å². The van der Waals surface area contributed by atoms with E-state index in [0.29, 0.717) is 6.29 Å². The fraction of sp³-hybridized carbons (Fsp3) is 0.143. The molecule has 0 radical (unpaired) electrons. The topological polar surface area (TPSA) is 30.0 Å². The van der Waals surface area contributed by atoms with Crippen molar-refractivity contribution in [3.8, 4) is 0 Å². The summed E-state index contributed by atoms with van der Waals surface area (Å²) in [6.45, 7) is 0. The highest BCUT2D eigenvalue weighted by Crippen LogP contribution is 2.16. The predicted octanol–water partition coefficient (Wildman–Crippen LogP) is 1.83. The lowest BCUT2D eigenvalue weighted by Gasteiger charge is -1.96. The molecule has 0 fully saturated rings. The van der Waals surface area contributed by atoms with Gasteiger partial charge in [-0.15, -0.1) is 0 Å². The van der Waals surface area contributed by atoms with E-state index in [9.17, 15) is 13.6 Å². The van der Waals surface area contributed by atoms with E-state index in [4.69, 9.17) is 0 Å². The van der Waals surface area contributed by atoms with Crippen LogP contribution in [0.4, 0.5) is 8.78 Å². The maximum Gasteiger partial charge on any atom is 0.265 e. The van der Waals surface area contributed by atoms with Gasteiger partial charge in [-0.05, 0) is 12.1 Å². The van der Waals surface area contributed by atoms with E-state index in [1.165, 1.54) is 12.1 Å². The number of carbonyl (C=O) groups excluding carboxylic acids is 1. The second-order valence-corrected chi connectivity index (χ2v) is 1.93. The number of aromatic nitrogens is 1. The Bertz CT molecular complexity index is 245. The minimum absolute atomic E-state index is 0.161. The van der Waals surface area contributed by atoms with Crippen molar-refractivity contribution in [1.29, 1.82) is 0 Å². The first kappa shape index (κ1) is 7.78. The van der Waals surface area contributed by atoms with Gasteiger partial charge in [0.15, 0.2) is 6.29 Å². The molecular formula is C7H5F2NO. The second-order valence-electron chi connectivity index (χ2n) is 1.93. The zero-order chi connectivity index (χ0) is 8.27. The number of halogens is 2. The summed E-state index contributed by atoms with van der Waals surface area (Å²) in [5.41, 5.74) is -0.00926. The molecule has 0 N–H and O–H groups in total. The maximum atomic E-state index is 11.9. The molecule has 0 amide bonds. The zero-order valence-corrected chi connectivity index (χ0v) is 5.50. The fourth-order valence-corrected chi connectivity index (χ4v) is 0.616. The Morgan fingerprint density at radius 1 is 1.45 bits per heavy atom. The van der Waals surface area contributed by atoms with Gasteiger partial charge in [0.2, 0.25) is 0 Å². The first-order chi connectivity index (χ1) is 5.24. The van der Waals surface area contributed by atoms with Crippen molar-refractivity contribution < 1.29 is 13.6 Å². The number of alkyl halides is 2. The molecule has 0 aliphatic carbocycles. The summed E-state index contributed by atoms with van der Waals surface area (Å²) < 4.78 is 23.7. The molecule has 0 unspecified atom stereocenters. The molecule has 0 saturated heterocycles. The van der Waals surface area contributed by atoms with E-state index >= 15 is 0 Å². The van der Waals surface area contributed by atoms with E-state index in [0.717, 1.165) is 6.20 Å². The highest BCUT2D eigenvalue weighted by atomic mass is 19.3. The third-order valence-corrected chi connectivity index (χ3v) is 1.18. The van der Waals surface area contributed by atoms with Gasteiger partial charge in [-0.3, -0.25) is 9.78 Å². The molecule has 0 spiro atoms. The quantitative estimate of drug-likeness (QED) is 0.613. The standard InChI is InChI=1S/C7H5F2NO/c8-7(9)5-1-2-6(4-11)10-3-5/h1-4,7H. The molecule has 1 heterocycles. The molecule has 0 aromatic carbocycles. The number of hydrogen-bond donors (Lipinski definition) is 0. The molecule has 0 bridgehead atoms. The smallest absolute Gasteiger partial charge is 0.265 e. The van der Waals surface area contributed by atoms with Crippen LogP contribution in [-0.2, 0) is 0 Å². The Labute approximate surface area is 61.9 Å². The van der Waals surface area contributed by atoms with Crippen LogP contribution in [0.5, 0.6) is 0 Å². The minimum Gasteiger partial charge on any atom is -0.296 e. The van der Waals surface area contributed by atoms with Gasteiger partial charge in [0, 0.05) is 11.8 Å². The molecule has 0 aliphatic heterocycles. The van der Waals surface area contributed by atoms with Crippen molar-refractivity contribution in [3.63, 3.8) is 0 Å². The molecule has 1 aromatic rings. The largest absolute Gasteiger partial charge is 0.296 e. The van der Waals surface area contributed by atoms with Crippen molar-refractivity contribution >= 4 is 6.29 Å². The van der Waals surface area contributed by atoms with Crippen molar-refractivity contribution in [1.82, 2.24) is 4.98 Å². The van der Waals surface area contributed by atoms with E-state index < -0.39 is 6.43 Å². The molecule has 58 valence electrons. The van der Waals surface area contributed by atoms with Crippen LogP contribution < -0.4 is 0 Å². The SMILES string of the molecule is O=Cc1ccc(C(F)F)cn1. The number of nitrogens with zero attached hydrogens (tertiary/aromatic N) is 1. The first-order valence-corrected chi connectivity index (χ1v) is 2.93. The summed E-state index contributed by atoms with van der Waals surface area (Å²) in [4.78, 5) is 13.5. The van der Waals surface area contributed by atoms with Gasteiger partial charge >= 0.3 is 0 Å².